The number of rotatable bonds is 9. The standard InChI is InChI=1S/C23H24Cl2N2O4S/c1-3-20(27(32(2,29)30)21-15-17(24)11-12-19(21)25)23(28)26-13-14-31-22-10-6-8-16-7-4-5-9-18(16)22/h4-12,15,20H,3,13-14H2,1-2H3,(H,26,28)/t20-/m0/s1. The molecule has 0 radical (unpaired) electrons. The molecule has 0 saturated heterocycles. The molecule has 1 atom stereocenters. The van der Waals surface area contributed by atoms with Gasteiger partial charge in [0.15, 0.2) is 0 Å². The lowest BCUT2D eigenvalue weighted by Crippen LogP contribution is -2.50. The van der Waals surface area contributed by atoms with Crippen molar-refractivity contribution >= 4 is 55.6 Å². The molecule has 3 aromatic rings. The Morgan fingerprint density at radius 3 is 2.53 bits per heavy atom. The van der Waals surface area contributed by atoms with Crippen molar-refractivity contribution in [3.63, 3.8) is 0 Å². The lowest BCUT2D eigenvalue weighted by atomic mass is 10.1. The minimum atomic E-state index is -3.81. The van der Waals surface area contributed by atoms with Crippen LogP contribution < -0.4 is 14.4 Å². The van der Waals surface area contributed by atoms with Gasteiger partial charge in [0.2, 0.25) is 15.9 Å². The average Bonchev–Trinajstić information content (AvgIpc) is 2.76. The number of hydrogen-bond acceptors (Lipinski definition) is 4. The van der Waals surface area contributed by atoms with E-state index < -0.39 is 22.0 Å². The Labute approximate surface area is 198 Å². The van der Waals surface area contributed by atoms with E-state index in [0.29, 0.717) is 10.8 Å². The summed E-state index contributed by atoms with van der Waals surface area (Å²) >= 11 is 12.3. The Bertz CT molecular complexity index is 1210. The molecular weight excluding hydrogens is 471 g/mol. The summed E-state index contributed by atoms with van der Waals surface area (Å²) in [6.07, 6.45) is 1.27. The lowest BCUT2D eigenvalue weighted by molar-refractivity contribution is -0.122. The molecule has 1 amide bonds. The SMILES string of the molecule is CC[C@@H](C(=O)NCCOc1cccc2ccccc12)N(c1cc(Cl)ccc1Cl)S(C)(=O)=O. The van der Waals surface area contributed by atoms with E-state index in [1.165, 1.54) is 12.1 Å². The summed E-state index contributed by atoms with van der Waals surface area (Å²) in [5.74, 6) is 0.267. The van der Waals surface area contributed by atoms with Crippen LogP contribution in [0.3, 0.4) is 0 Å². The number of benzene rings is 3. The van der Waals surface area contributed by atoms with Gasteiger partial charge in [-0.1, -0.05) is 66.5 Å². The van der Waals surface area contributed by atoms with Gasteiger partial charge in [-0.15, -0.1) is 0 Å². The summed E-state index contributed by atoms with van der Waals surface area (Å²) in [7, 11) is -3.81. The Morgan fingerprint density at radius 1 is 1.09 bits per heavy atom. The van der Waals surface area contributed by atoms with E-state index >= 15 is 0 Å². The number of sulfonamides is 1. The van der Waals surface area contributed by atoms with Crippen molar-refractivity contribution < 1.29 is 17.9 Å². The van der Waals surface area contributed by atoms with E-state index in [-0.39, 0.29) is 30.3 Å². The summed E-state index contributed by atoms with van der Waals surface area (Å²) in [5, 5.41) is 5.30. The third kappa shape index (κ3) is 5.65. The van der Waals surface area contributed by atoms with E-state index in [4.69, 9.17) is 27.9 Å². The summed E-state index contributed by atoms with van der Waals surface area (Å²) in [6.45, 7) is 2.17. The largest absolute Gasteiger partial charge is 0.491 e. The fraction of sp³-hybridized carbons (Fsp3) is 0.261. The molecule has 32 heavy (non-hydrogen) atoms. The zero-order chi connectivity index (χ0) is 23.3. The van der Waals surface area contributed by atoms with Gasteiger partial charge in [0.25, 0.3) is 0 Å². The Balaban J connectivity index is 1.71. The van der Waals surface area contributed by atoms with Gasteiger partial charge in [-0.2, -0.15) is 0 Å². The van der Waals surface area contributed by atoms with Crippen LogP contribution in [0.1, 0.15) is 13.3 Å². The Kier molecular flexibility index (Phi) is 7.87. The maximum absolute atomic E-state index is 12.9. The number of hydrogen-bond donors (Lipinski definition) is 1. The predicted molar refractivity (Wildman–Crippen MR) is 130 cm³/mol. The van der Waals surface area contributed by atoms with Crippen molar-refractivity contribution in [1.82, 2.24) is 5.32 Å². The Morgan fingerprint density at radius 2 is 1.81 bits per heavy atom. The molecule has 0 fully saturated rings. The van der Waals surface area contributed by atoms with Crippen LogP contribution in [0.4, 0.5) is 5.69 Å². The van der Waals surface area contributed by atoms with Crippen LogP contribution in [0.5, 0.6) is 5.75 Å². The number of fused-ring (bicyclic) bond motifs is 1. The molecule has 1 N–H and O–H groups in total. The van der Waals surface area contributed by atoms with Gasteiger partial charge in [0, 0.05) is 10.4 Å². The van der Waals surface area contributed by atoms with Crippen LogP contribution in [-0.4, -0.2) is 39.8 Å². The van der Waals surface area contributed by atoms with Crippen molar-refractivity contribution in [2.45, 2.75) is 19.4 Å². The first kappa shape index (κ1) is 24.2. The van der Waals surface area contributed by atoms with E-state index in [0.717, 1.165) is 21.3 Å². The number of anilines is 1. The molecular formula is C23H24Cl2N2O4S. The van der Waals surface area contributed by atoms with Crippen LogP contribution in [0.2, 0.25) is 10.0 Å². The van der Waals surface area contributed by atoms with Gasteiger partial charge in [0.05, 0.1) is 23.5 Å². The molecule has 0 spiro atoms. The number of ether oxygens (including phenoxy) is 1. The van der Waals surface area contributed by atoms with Crippen LogP contribution in [0.25, 0.3) is 10.8 Å². The zero-order valence-electron chi connectivity index (χ0n) is 17.7. The first-order valence-corrected chi connectivity index (χ1v) is 12.7. The minimum absolute atomic E-state index is 0.163. The number of carbonyl (C=O) groups excluding carboxylic acids is 1. The predicted octanol–water partition coefficient (Wildman–Crippen LogP) is 4.89. The maximum Gasteiger partial charge on any atom is 0.244 e. The number of carbonyl (C=O) groups is 1. The van der Waals surface area contributed by atoms with Gasteiger partial charge >= 0.3 is 0 Å². The third-order valence-electron chi connectivity index (χ3n) is 4.88. The van der Waals surface area contributed by atoms with E-state index in [1.54, 1.807) is 13.0 Å². The molecule has 0 unspecified atom stereocenters. The molecule has 0 aliphatic carbocycles. The van der Waals surface area contributed by atoms with Crippen molar-refractivity contribution in [2.75, 3.05) is 23.7 Å². The number of nitrogens with one attached hydrogen (secondary N) is 1. The van der Waals surface area contributed by atoms with Crippen LogP contribution in [-0.2, 0) is 14.8 Å². The summed E-state index contributed by atoms with van der Waals surface area (Å²) in [6, 6.07) is 17.1. The second-order valence-corrected chi connectivity index (χ2v) is 9.90. The fourth-order valence-electron chi connectivity index (χ4n) is 3.46. The average molecular weight is 495 g/mol. The van der Waals surface area contributed by atoms with Crippen molar-refractivity contribution in [2.24, 2.45) is 0 Å². The number of amides is 1. The van der Waals surface area contributed by atoms with Gasteiger partial charge in [0.1, 0.15) is 18.4 Å². The topological polar surface area (TPSA) is 75.7 Å². The molecule has 0 heterocycles. The maximum atomic E-state index is 12.9. The van der Waals surface area contributed by atoms with Crippen molar-refractivity contribution in [3.05, 3.63) is 70.7 Å². The molecule has 6 nitrogen and oxygen atoms in total. The highest BCUT2D eigenvalue weighted by molar-refractivity contribution is 7.92. The van der Waals surface area contributed by atoms with E-state index in [9.17, 15) is 13.2 Å². The molecule has 0 aliphatic heterocycles. The highest BCUT2D eigenvalue weighted by Gasteiger charge is 2.32. The molecule has 0 aliphatic rings. The monoisotopic (exact) mass is 494 g/mol. The zero-order valence-corrected chi connectivity index (χ0v) is 20.0. The summed E-state index contributed by atoms with van der Waals surface area (Å²) < 4.78 is 32.0. The summed E-state index contributed by atoms with van der Waals surface area (Å²) in [5.41, 5.74) is 0.163. The van der Waals surface area contributed by atoms with Crippen molar-refractivity contribution in [1.29, 1.82) is 0 Å². The molecule has 3 aromatic carbocycles. The quantitative estimate of drug-likeness (QED) is 0.429. The summed E-state index contributed by atoms with van der Waals surface area (Å²) in [4.78, 5) is 12.9. The molecule has 0 saturated carbocycles. The molecule has 0 bridgehead atoms. The molecule has 9 heteroatoms. The highest BCUT2D eigenvalue weighted by atomic mass is 35.5. The van der Waals surface area contributed by atoms with Crippen LogP contribution in [0, 0.1) is 0 Å². The highest BCUT2D eigenvalue weighted by Crippen LogP contribution is 2.33. The molecule has 0 aromatic heterocycles. The molecule has 170 valence electrons. The third-order valence-corrected chi connectivity index (χ3v) is 6.60. The molecule has 3 rings (SSSR count). The number of halogens is 2. The smallest absolute Gasteiger partial charge is 0.244 e. The van der Waals surface area contributed by atoms with Gasteiger partial charge in [-0.3, -0.25) is 9.10 Å². The lowest BCUT2D eigenvalue weighted by Gasteiger charge is -2.30. The van der Waals surface area contributed by atoms with Gasteiger partial charge < -0.3 is 10.1 Å². The van der Waals surface area contributed by atoms with Gasteiger partial charge in [-0.25, -0.2) is 8.42 Å². The second kappa shape index (κ2) is 10.4. The van der Waals surface area contributed by atoms with Gasteiger partial charge in [-0.05, 0) is 36.1 Å². The van der Waals surface area contributed by atoms with Crippen LogP contribution >= 0.6 is 23.2 Å². The minimum Gasteiger partial charge on any atom is -0.491 e. The van der Waals surface area contributed by atoms with E-state index in [1.807, 2.05) is 42.5 Å². The van der Waals surface area contributed by atoms with Crippen LogP contribution in [0.15, 0.2) is 60.7 Å². The number of nitrogens with zero attached hydrogens (tertiary/aromatic N) is 1. The Hall–Kier alpha value is -2.48. The van der Waals surface area contributed by atoms with E-state index in [2.05, 4.69) is 5.32 Å². The normalized spacial score (nSPS) is 12.4. The second-order valence-electron chi connectivity index (χ2n) is 7.20. The first-order valence-electron chi connectivity index (χ1n) is 10.0. The fourth-order valence-corrected chi connectivity index (χ4v) is 5.11. The van der Waals surface area contributed by atoms with Crippen molar-refractivity contribution in [3.8, 4) is 5.75 Å². The first-order chi connectivity index (χ1) is 15.2.